The summed E-state index contributed by atoms with van der Waals surface area (Å²) in [6.07, 6.45) is 2.44. The van der Waals surface area contributed by atoms with Crippen molar-refractivity contribution in [3.8, 4) is 0 Å². The van der Waals surface area contributed by atoms with Crippen molar-refractivity contribution in [2.45, 2.75) is 45.4 Å². The van der Waals surface area contributed by atoms with Crippen LogP contribution in [0.15, 0.2) is 12.1 Å². The normalized spacial score (nSPS) is 20.9. The summed E-state index contributed by atoms with van der Waals surface area (Å²) in [6, 6.07) is 3.80. The molecule has 0 amide bonds. The third-order valence-electron chi connectivity index (χ3n) is 3.74. The van der Waals surface area contributed by atoms with Crippen LogP contribution in [-0.4, -0.2) is 13.1 Å². The highest BCUT2D eigenvalue weighted by Crippen LogP contribution is 2.30. The van der Waals surface area contributed by atoms with Crippen molar-refractivity contribution in [1.82, 2.24) is 5.32 Å². The van der Waals surface area contributed by atoms with Crippen LogP contribution in [0.1, 0.15) is 55.2 Å². The Morgan fingerprint density at radius 2 is 2.12 bits per heavy atom. The number of hydrogen-bond acceptors (Lipinski definition) is 1. The lowest BCUT2D eigenvalue weighted by Gasteiger charge is -2.25. The van der Waals surface area contributed by atoms with Crippen molar-refractivity contribution in [2.75, 3.05) is 13.1 Å². The van der Waals surface area contributed by atoms with E-state index < -0.39 is 0 Å². The van der Waals surface area contributed by atoms with Gasteiger partial charge in [0.05, 0.1) is 0 Å². The van der Waals surface area contributed by atoms with Crippen LogP contribution in [0.2, 0.25) is 0 Å². The molecule has 0 radical (unpaired) electrons. The second-order valence-electron chi connectivity index (χ2n) is 5.43. The van der Waals surface area contributed by atoms with Gasteiger partial charge in [0.15, 0.2) is 0 Å². The Kier molecular flexibility index (Phi) is 3.82. The summed E-state index contributed by atoms with van der Waals surface area (Å²) >= 11 is 0. The number of benzene rings is 1. The molecule has 1 atom stereocenters. The first-order valence-electron chi connectivity index (χ1n) is 6.60. The molecule has 1 aromatic carbocycles. The van der Waals surface area contributed by atoms with Crippen LogP contribution < -0.4 is 5.32 Å². The number of nitrogens with one attached hydrogen (secondary N) is 1. The van der Waals surface area contributed by atoms with E-state index in [1.54, 1.807) is 6.07 Å². The molecule has 1 unspecified atom stereocenters. The number of aryl methyl sites for hydroxylation is 1. The number of hydrogen-bond donors (Lipinski definition) is 1. The monoisotopic (exact) mass is 235 g/mol. The van der Waals surface area contributed by atoms with Crippen LogP contribution in [0.3, 0.4) is 0 Å². The number of piperidine rings is 1. The minimum absolute atomic E-state index is 0.0509. The Morgan fingerprint density at radius 3 is 2.71 bits per heavy atom. The van der Waals surface area contributed by atoms with Crippen LogP contribution in [0.4, 0.5) is 4.39 Å². The fraction of sp³-hybridized carbons (Fsp3) is 0.600. The predicted octanol–water partition coefficient (Wildman–Crippen LogP) is 3.72. The third kappa shape index (κ3) is 2.68. The molecule has 1 heterocycles. The molecule has 1 aromatic rings. The van der Waals surface area contributed by atoms with Gasteiger partial charge < -0.3 is 5.32 Å². The van der Waals surface area contributed by atoms with Crippen molar-refractivity contribution in [1.29, 1.82) is 0 Å². The van der Waals surface area contributed by atoms with Gasteiger partial charge in [0.1, 0.15) is 5.82 Å². The summed E-state index contributed by atoms with van der Waals surface area (Å²) in [6.45, 7) is 8.28. The zero-order valence-corrected chi connectivity index (χ0v) is 11.0. The average molecular weight is 235 g/mol. The Labute approximate surface area is 103 Å². The summed E-state index contributed by atoms with van der Waals surface area (Å²) in [5.74, 6) is 0.762. The minimum Gasteiger partial charge on any atom is -0.316 e. The molecule has 2 heteroatoms. The van der Waals surface area contributed by atoms with E-state index in [9.17, 15) is 4.39 Å². The molecule has 94 valence electrons. The van der Waals surface area contributed by atoms with Crippen LogP contribution in [0, 0.1) is 12.7 Å². The quantitative estimate of drug-likeness (QED) is 0.823. The maximum Gasteiger partial charge on any atom is 0.126 e. The van der Waals surface area contributed by atoms with E-state index in [1.807, 2.05) is 6.92 Å². The number of rotatable bonds is 2. The van der Waals surface area contributed by atoms with Crippen molar-refractivity contribution < 1.29 is 4.39 Å². The molecule has 1 aliphatic heterocycles. The van der Waals surface area contributed by atoms with Gasteiger partial charge in [-0.3, -0.25) is 0 Å². The molecule has 1 fully saturated rings. The molecule has 0 bridgehead atoms. The standard InChI is InChI=1S/C15H22FN/c1-10(2)13-8-14(11(3)7-15(13)16)12-5-4-6-17-9-12/h7-8,10,12,17H,4-6,9H2,1-3H3. The van der Waals surface area contributed by atoms with Gasteiger partial charge in [-0.05, 0) is 60.9 Å². The molecule has 1 saturated heterocycles. The summed E-state index contributed by atoms with van der Waals surface area (Å²) < 4.78 is 13.8. The van der Waals surface area contributed by atoms with Gasteiger partial charge in [-0.2, -0.15) is 0 Å². The average Bonchev–Trinajstić information content (AvgIpc) is 2.29. The molecule has 2 rings (SSSR count). The van der Waals surface area contributed by atoms with E-state index >= 15 is 0 Å². The van der Waals surface area contributed by atoms with E-state index in [0.29, 0.717) is 5.92 Å². The SMILES string of the molecule is Cc1cc(F)c(C(C)C)cc1C1CCCNC1. The molecular weight excluding hydrogens is 213 g/mol. The van der Waals surface area contributed by atoms with Gasteiger partial charge in [-0.1, -0.05) is 19.9 Å². The molecule has 0 spiro atoms. The maximum absolute atomic E-state index is 13.8. The smallest absolute Gasteiger partial charge is 0.126 e. The van der Waals surface area contributed by atoms with Crippen molar-refractivity contribution >= 4 is 0 Å². The highest BCUT2D eigenvalue weighted by atomic mass is 19.1. The van der Waals surface area contributed by atoms with Gasteiger partial charge in [-0.25, -0.2) is 4.39 Å². The molecule has 1 N–H and O–H groups in total. The number of halogens is 1. The molecule has 1 nitrogen and oxygen atoms in total. The Bertz CT molecular complexity index is 392. The van der Waals surface area contributed by atoms with E-state index in [2.05, 4.69) is 25.2 Å². The van der Waals surface area contributed by atoms with Crippen molar-refractivity contribution in [2.24, 2.45) is 0 Å². The largest absolute Gasteiger partial charge is 0.316 e. The molecular formula is C15H22FN. The Morgan fingerprint density at radius 1 is 1.35 bits per heavy atom. The molecule has 17 heavy (non-hydrogen) atoms. The van der Waals surface area contributed by atoms with Crippen LogP contribution in [-0.2, 0) is 0 Å². The van der Waals surface area contributed by atoms with Gasteiger partial charge in [0.2, 0.25) is 0 Å². The molecule has 1 aliphatic rings. The van der Waals surface area contributed by atoms with E-state index in [0.717, 1.165) is 24.2 Å². The summed E-state index contributed by atoms with van der Waals surface area (Å²) in [7, 11) is 0. The fourth-order valence-electron chi connectivity index (χ4n) is 2.71. The van der Waals surface area contributed by atoms with Crippen molar-refractivity contribution in [3.63, 3.8) is 0 Å². The third-order valence-corrected chi connectivity index (χ3v) is 3.74. The lowest BCUT2D eigenvalue weighted by atomic mass is 9.86. The zero-order valence-electron chi connectivity index (χ0n) is 11.0. The van der Waals surface area contributed by atoms with E-state index in [-0.39, 0.29) is 11.7 Å². The molecule has 0 aromatic heterocycles. The van der Waals surface area contributed by atoms with E-state index in [1.165, 1.54) is 18.4 Å². The van der Waals surface area contributed by atoms with Gasteiger partial charge >= 0.3 is 0 Å². The minimum atomic E-state index is -0.0509. The second-order valence-corrected chi connectivity index (χ2v) is 5.43. The fourth-order valence-corrected chi connectivity index (χ4v) is 2.71. The Balaban J connectivity index is 2.35. The van der Waals surface area contributed by atoms with Gasteiger partial charge in [0.25, 0.3) is 0 Å². The highest BCUT2D eigenvalue weighted by Gasteiger charge is 2.19. The lowest BCUT2D eigenvalue weighted by molar-refractivity contribution is 0.459. The van der Waals surface area contributed by atoms with E-state index in [4.69, 9.17) is 0 Å². The van der Waals surface area contributed by atoms with Gasteiger partial charge in [0, 0.05) is 6.54 Å². The predicted molar refractivity (Wildman–Crippen MR) is 70.1 cm³/mol. The first kappa shape index (κ1) is 12.6. The summed E-state index contributed by atoms with van der Waals surface area (Å²) in [5, 5.41) is 3.43. The highest BCUT2D eigenvalue weighted by molar-refractivity contribution is 5.36. The zero-order chi connectivity index (χ0) is 12.4. The maximum atomic E-state index is 13.8. The first-order chi connectivity index (χ1) is 8.09. The van der Waals surface area contributed by atoms with Crippen LogP contribution in [0.25, 0.3) is 0 Å². The first-order valence-corrected chi connectivity index (χ1v) is 6.60. The second kappa shape index (κ2) is 5.18. The molecule has 0 aliphatic carbocycles. The Hall–Kier alpha value is -0.890. The summed E-state index contributed by atoms with van der Waals surface area (Å²) in [4.78, 5) is 0. The summed E-state index contributed by atoms with van der Waals surface area (Å²) in [5.41, 5.74) is 3.29. The van der Waals surface area contributed by atoms with Crippen molar-refractivity contribution in [3.05, 3.63) is 34.6 Å². The topological polar surface area (TPSA) is 12.0 Å². The lowest BCUT2D eigenvalue weighted by Crippen LogP contribution is -2.28. The van der Waals surface area contributed by atoms with Gasteiger partial charge in [-0.15, -0.1) is 0 Å². The van der Waals surface area contributed by atoms with Crippen LogP contribution in [0.5, 0.6) is 0 Å². The molecule has 0 saturated carbocycles. The van der Waals surface area contributed by atoms with Crippen LogP contribution >= 0.6 is 0 Å².